The highest BCUT2D eigenvalue weighted by Crippen LogP contribution is 2.45. The van der Waals surface area contributed by atoms with Crippen LogP contribution >= 0.6 is 0 Å². The summed E-state index contributed by atoms with van der Waals surface area (Å²) in [4.78, 5) is 0. The summed E-state index contributed by atoms with van der Waals surface area (Å²) in [6, 6.07) is -0.357. The Bertz CT molecular complexity index is 166. The third-order valence-corrected chi connectivity index (χ3v) is 3.53. The topological polar surface area (TPSA) is 26.0 Å². The summed E-state index contributed by atoms with van der Waals surface area (Å²) in [6.45, 7) is 5.60. The summed E-state index contributed by atoms with van der Waals surface area (Å²) < 4.78 is 14.0. The van der Waals surface area contributed by atoms with Gasteiger partial charge in [0.2, 0.25) is 0 Å². The van der Waals surface area contributed by atoms with E-state index >= 15 is 0 Å². The molecule has 78 valence electrons. The maximum Gasteiger partial charge on any atom is 0.123 e. The van der Waals surface area contributed by atoms with Crippen molar-refractivity contribution in [3.05, 3.63) is 0 Å². The van der Waals surface area contributed by atoms with Gasteiger partial charge in [0.05, 0.1) is 0 Å². The molecule has 13 heavy (non-hydrogen) atoms. The molecule has 1 fully saturated rings. The molecule has 1 aliphatic rings. The van der Waals surface area contributed by atoms with Crippen molar-refractivity contribution in [3.8, 4) is 0 Å². The van der Waals surface area contributed by atoms with E-state index in [2.05, 4.69) is 6.92 Å². The van der Waals surface area contributed by atoms with Gasteiger partial charge in [-0.25, -0.2) is 4.39 Å². The molecule has 0 aliphatic heterocycles. The summed E-state index contributed by atoms with van der Waals surface area (Å²) in [5.74, 6) is 0. The van der Waals surface area contributed by atoms with Gasteiger partial charge in [0, 0.05) is 6.04 Å². The van der Waals surface area contributed by atoms with Gasteiger partial charge in [-0.2, -0.15) is 0 Å². The van der Waals surface area contributed by atoms with Crippen molar-refractivity contribution in [2.75, 3.05) is 0 Å². The van der Waals surface area contributed by atoms with E-state index in [1.54, 1.807) is 13.8 Å². The van der Waals surface area contributed by atoms with E-state index < -0.39 is 5.67 Å². The molecule has 1 rings (SSSR count). The zero-order valence-electron chi connectivity index (χ0n) is 9.07. The molecule has 0 radical (unpaired) electrons. The monoisotopic (exact) mass is 187 g/mol. The number of rotatable bonds is 3. The van der Waals surface area contributed by atoms with E-state index in [1.165, 1.54) is 25.7 Å². The second-order valence-electron chi connectivity index (χ2n) is 5.26. The zero-order chi connectivity index (χ0) is 10.1. The van der Waals surface area contributed by atoms with Crippen LogP contribution in [0.25, 0.3) is 0 Å². The first-order valence-corrected chi connectivity index (χ1v) is 5.30. The minimum atomic E-state index is -1.20. The summed E-state index contributed by atoms with van der Waals surface area (Å²) in [5, 5.41) is 0. The van der Waals surface area contributed by atoms with Gasteiger partial charge in [0.1, 0.15) is 5.67 Å². The first-order valence-electron chi connectivity index (χ1n) is 5.30. The minimum Gasteiger partial charge on any atom is -0.325 e. The zero-order valence-corrected chi connectivity index (χ0v) is 9.07. The highest BCUT2D eigenvalue weighted by atomic mass is 19.1. The van der Waals surface area contributed by atoms with Gasteiger partial charge in [-0.05, 0) is 38.5 Å². The predicted octanol–water partition coefficient (Wildman–Crippen LogP) is 3.03. The molecular weight excluding hydrogens is 165 g/mol. The van der Waals surface area contributed by atoms with E-state index in [9.17, 15) is 4.39 Å². The lowest BCUT2D eigenvalue weighted by Gasteiger charge is -2.34. The average molecular weight is 187 g/mol. The van der Waals surface area contributed by atoms with Crippen LogP contribution in [0.4, 0.5) is 4.39 Å². The lowest BCUT2D eigenvalue weighted by molar-refractivity contribution is 0.0820. The van der Waals surface area contributed by atoms with Gasteiger partial charge >= 0.3 is 0 Å². The molecule has 0 aromatic heterocycles. The molecule has 2 heteroatoms. The van der Waals surface area contributed by atoms with Gasteiger partial charge in [-0.3, -0.25) is 0 Å². The molecule has 1 saturated carbocycles. The lowest BCUT2D eigenvalue weighted by atomic mass is 9.77. The molecule has 0 amide bonds. The third-order valence-electron chi connectivity index (χ3n) is 3.53. The molecule has 1 aliphatic carbocycles. The minimum absolute atomic E-state index is 0.205. The molecule has 0 heterocycles. The fourth-order valence-corrected chi connectivity index (χ4v) is 2.40. The molecule has 0 aromatic carbocycles. The van der Waals surface area contributed by atoms with Gasteiger partial charge in [0.15, 0.2) is 0 Å². The normalized spacial score (nSPS) is 28.4. The van der Waals surface area contributed by atoms with E-state index in [1.807, 2.05) is 0 Å². The number of halogens is 1. The van der Waals surface area contributed by atoms with Crippen molar-refractivity contribution < 1.29 is 4.39 Å². The van der Waals surface area contributed by atoms with E-state index in [-0.39, 0.29) is 11.5 Å². The summed E-state index contributed by atoms with van der Waals surface area (Å²) in [7, 11) is 0. The first kappa shape index (κ1) is 11.0. The fourth-order valence-electron chi connectivity index (χ4n) is 2.40. The molecule has 2 unspecified atom stereocenters. The number of hydrogen-bond acceptors (Lipinski definition) is 1. The van der Waals surface area contributed by atoms with Crippen molar-refractivity contribution in [1.29, 1.82) is 0 Å². The van der Waals surface area contributed by atoms with Crippen LogP contribution in [0.1, 0.15) is 52.9 Å². The van der Waals surface area contributed by atoms with Crippen LogP contribution in [0, 0.1) is 5.41 Å². The van der Waals surface area contributed by atoms with Crippen molar-refractivity contribution in [2.24, 2.45) is 11.1 Å². The van der Waals surface area contributed by atoms with Crippen LogP contribution < -0.4 is 5.73 Å². The largest absolute Gasteiger partial charge is 0.325 e. The second-order valence-corrected chi connectivity index (χ2v) is 5.26. The average Bonchev–Trinajstić information content (AvgIpc) is 2.34. The first-order chi connectivity index (χ1) is 5.86. The van der Waals surface area contributed by atoms with Crippen molar-refractivity contribution in [2.45, 2.75) is 64.6 Å². The number of nitrogens with two attached hydrogens (primary N) is 1. The van der Waals surface area contributed by atoms with E-state index in [4.69, 9.17) is 5.73 Å². The van der Waals surface area contributed by atoms with Gasteiger partial charge < -0.3 is 5.73 Å². The van der Waals surface area contributed by atoms with Crippen LogP contribution in [0.3, 0.4) is 0 Å². The molecule has 0 bridgehead atoms. The smallest absolute Gasteiger partial charge is 0.123 e. The van der Waals surface area contributed by atoms with Crippen molar-refractivity contribution in [3.63, 3.8) is 0 Å². The second kappa shape index (κ2) is 3.56. The van der Waals surface area contributed by atoms with E-state index in [0.29, 0.717) is 6.42 Å². The Hall–Kier alpha value is -0.110. The van der Waals surface area contributed by atoms with Crippen molar-refractivity contribution in [1.82, 2.24) is 0 Å². The molecule has 2 atom stereocenters. The van der Waals surface area contributed by atoms with Crippen LogP contribution in [-0.4, -0.2) is 11.7 Å². The summed E-state index contributed by atoms with van der Waals surface area (Å²) >= 11 is 0. The van der Waals surface area contributed by atoms with Gasteiger partial charge in [0.25, 0.3) is 0 Å². The predicted molar refractivity (Wildman–Crippen MR) is 54.4 cm³/mol. The number of alkyl halides is 1. The Morgan fingerprint density at radius 2 is 1.92 bits per heavy atom. The van der Waals surface area contributed by atoms with Crippen LogP contribution in [-0.2, 0) is 0 Å². The van der Waals surface area contributed by atoms with Crippen LogP contribution in [0.5, 0.6) is 0 Å². The van der Waals surface area contributed by atoms with E-state index in [0.717, 1.165) is 0 Å². The standard InChI is InChI=1S/C11H22FN/c1-9(13)11(3,12)8-10(2)6-4-5-7-10/h9H,4-8,13H2,1-3H3. The summed E-state index contributed by atoms with van der Waals surface area (Å²) in [5.41, 5.74) is 4.64. The van der Waals surface area contributed by atoms with Crippen molar-refractivity contribution >= 4 is 0 Å². The van der Waals surface area contributed by atoms with Gasteiger partial charge in [-0.15, -0.1) is 0 Å². The molecule has 0 aromatic rings. The Kier molecular flexibility index (Phi) is 3.01. The molecule has 1 nitrogen and oxygen atoms in total. The van der Waals surface area contributed by atoms with Crippen LogP contribution in [0.15, 0.2) is 0 Å². The lowest BCUT2D eigenvalue weighted by Crippen LogP contribution is -2.42. The summed E-state index contributed by atoms with van der Waals surface area (Å²) in [6.07, 6.45) is 5.47. The van der Waals surface area contributed by atoms with Gasteiger partial charge in [-0.1, -0.05) is 19.8 Å². The molecular formula is C11H22FN. The third kappa shape index (κ3) is 2.67. The Balaban J connectivity index is 2.56. The SMILES string of the molecule is CC(N)C(C)(F)CC1(C)CCCC1. The molecule has 2 N–H and O–H groups in total. The molecule has 0 spiro atoms. The molecule has 0 saturated heterocycles. The highest BCUT2D eigenvalue weighted by Gasteiger charge is 2.39. The Labute approximate surface area is 80.9 Å². The fraction of sp³-hybridized carbons (Fsp3) is 1.00. The quantitative estimate of drug-likeness (QED) is 0.722. The van der Waals surface area contributed by atoms with Crippen LogP contribution in [0.2, 0.25) is 0 Å². The Morgan fingerprint density at radius 3 is 2.31 bits per heavy atom. The number of hydrogen-bond donors (Lipinski definition) is 1. The Morgan fingerprint density at radius 1 is 1.46 bits per heavy atom. The maximum atomic E-state index is 14.0. The highest BCUT2D eigenvalue weighted by molar-refractivity contribution is 4.92. The maximum absolute atomic E-state index is 14.0.